The highest BCUT2D eigenvalue weighted by Gasteiger charge is 2.58. The predicted molar refractivity (Wildman–Crippen MR) is 133 cm³/mol. The lowest BCUT2D eigenvalue weighted by molar-refractivity contribution is -0.124. The summed E-state index contributed by atoms with van der Waals surface area (Å²) in [4.78, 5) is 23.7. The highest BCUT2D eigenvalue weighted by molar-refractivity contribution is 5.82. The predicted octanol–water partition coefficient (Wildman–Crippen LogP) is 4.22. The number of benzene rings is 1. The minimum Gasteiger partial charge on any atom is -0.381 e. The van der Waals surface area contributed by atoms with Gasteiger partial charge in [0.25, 0.3) is 0 Å². The number of rotatable bonds is 9. The van der Waals surface area contributed by atoms with Gasteiger partial charge in [-0.1, -0.05) is 43.7 Å². The maximum absolute atomic E-state index is 13.2. The van der Waals surface area contributed by atoms with Gasteiger partial charge in [0, 0.05) is 55.9 Å². The summed E-state index contributed by atoms with van der Waals surface area (Å²) in [6.07, 6.45) is 10.7. The topological polar surface area (TPSA) is 70.2 Å². The third-order valence-electron chi connectivity index (χ3n) is 8.64. The van der Waals surface area contributed by atoms with Crippen LogP contribution in [0.15, 0.2) is 36.5 Å². The summed E-state index contributed by atoms with van der Waals surface area (Å²) in [5.41, 5.74) is 2.78. The molecule has 1 saturated carbocycles. The molecule has 3 fully saturated rings. The summed E-state index contributed by atoms with van der Waals surface area (Å²) in [6, 6.07) is 10.7. The molecule has 34 heavy (non-hydrogen) atoms. The molecule has 3 heterocycles. The van der Waals surface area contributed by atoms with Crippen LogP contribution in [0.4, 0.5) is 0 Å². The Kier molecular flexibility index (Phi) is 7.07. The number of nitrogens with one attached hydrogen (secondary N) is 2. The average Bonchev–Trinajstić information content (AvgIpc) is 3.40. The zero-order valence-corrected chi connectivity index (χ0v) is 20.7. The normalized spacial score (nSPS) is 23.6. The number of aryl methyl sites for hydroxylation is 1. The van der Waals surface area contributed by atoms with Crippen LogP contribution in [0, 0.1) is 11.3 Å². The van der Waals surface area contributed by atoms with Gasteiger partial charge >= 0.3 is 0 Å². The first-order chi connectivity index (χ1) is 16.6. The van der Waals surface area contributed by atoms with E-state index in [2.05, 4.69) is 57.4 Å². The Labute approximate surface area is 203 Å². The molecule has 2 aromatic rings. The van der Waals surface area contributed by atoms with Crippen LogP contribution in [0.25, 0.3) is 0 Å². The SMILES string of the molecule is CCCCc1ncc(CN2CCC3(CC2)C[C@@H]3C(=O)NCC2(c3ccccc3)CCOCC2)[nH]1. The number of aromatic amines is 1. The zero-order chi connectivity index (χ0) is 23.4. The number of ether oxygens (including phenoxy) is 1. The lowest BCUT2D eigenvalue weighted by atomic mass is 9.74. The number of likely N-dealkylation sites (tertiary alicyclic amines) is 1. The van der Waals surface area contributed by atoms with E-state index in [1.807, 2.05) is 6.20 Å². The Hall–Kier alpha value is -2.18. The lowest BCUT2D eigenvalue weighted by Crippen LogP contribution is -2.45. The van der Waals surface area contributed by atoms with Crippen molar-refractivity contribution in [3.8, 4) is 0 Å². The smallest absolute Gasteiger partial charge is 0.223 e. The Morgan fingerprint density at radius 2 is 1.94 bits per heavy atom. The van der Waals surface area contributed by atoms with Crippen LogP contribution in [-0.4, -0.2) is 53.6 Å². The number of imidazole rings is 1. The zero-order valence-electron chi connectivity index (χ0n) is 20.7. The second kappa shape index (κ2) is 10.2. The molecular formula is C28H40N4O2. The van der Waals surface area contributed by atoms with Crippen LogP contribution in [0.1, 0.15) is 69.0 Å². The minimum absolute atomic E-state index is 0.000641. The molecule has 2 saturated heterocycles. The first-order valence-corrected chi connectivity index (χ1v) is 13.3. The fraction of sp³-hybridized carbons (Fsp3) is 0.643. The van der Waals surface area contributed by atoms with Gasteiger partial charge in [0.1, 0.15) is 5.82 Å². The van der Waals surface area contributed by atoms with Crippen molar-refractivity contribution >= 4 is 5.91 Å². The van der Waals surface area contributed by atoms with E-state index in [4.69, 9.17) is 4.74 Å². The fourth-order valence-corrected chi connectivity index (χ4v) is 6.13. The van der Waals surface area contributed by atoms with Crippen molar-refractivity contribution in [1.82, 2.24) is 20.2 Å². The Balaban J connectivity index is 1.11. The van der Waals surface area contributed by atoms with Crippen LogP contribution < -0.4 is 5.32 Å². The van der Waals surface area contributed by atoms with E-state index in [1.165, 1.54) is 24.1 Å². The van der Waals surface area contributed by atoms with Gasteiger partial charge < -0.3 is 15.0 Å². The summed E-state index contributed by atoms with van der Waals surface area (Å²) in [5.74, 6) is 1.57. The first kappa shape index (κ1) is 23.6. The van der Waals surface area contributed by atoms with Crippen molar-refractivity contribution in [2.45, 2.75) is 70.3 Å². The number of aromatic nitrogens is 2. The van der Waals surface area contributed by atoms with Crippen LogP contribution in [0.5, 0.6) is 0 Å². The summed E-state index contributed by atoms with van der Waals surface area (Å²) in [6.45, 7) is 7.54. The summed E-state index contributed by atoms with van der Waals surface area (Å²) in [5, 5.41) is 3.37. The summed E-state index contributed by atoms with van der Waals surface area (Å²) >= 11 is 0. The minimum atomic E-state index is 0.000641. The monoisotopic (exact) mass is 464 g/mol. The quantitative estimate of drug-likeness (QED) is 0.583. The Morgan fingerprint density at radius 3 is 2.68 bits per heavy atom. The van der Waals surface area contributed by atoms with E-state index in [0.29, 0.717) is 0 Å². The molecule has 0 radical (unpaired) electrons. The number of amides is 1. The number of unbranched alkanes of at least 4 members (excludes halogenated alkanes) is 1. The molecule has 1 aromatic heterocycles. The Morgan fingerprint density at radius 1 is 1.18 bits per heavy atom. The number of carbonyl (C=O) groups is 1. The van der Waals surface area contributed by atoms with E-state index in [-0.39, 0.29) is 22.7 Å². The number of carbonyl (C=O) groups excluding carboxylic acids is 1. The molecular weight excluding hydrogens is 424 g/mol. The molecule has 0 bridgehead atoms. The maximum Gasteiger partial charge on any atom is 0.223 e. The lowest BCUT2D eigenvalue weighted by Gasteiger charge is -2.38. The van der Waals surface area contributed by atoms with Crippen molar-refractivity contribution in [1.29, 1.82) is 0 Å². The molecule has 1 aliphatic carbocycles. The van der Waals surface area contributed by atoms with Crippen molar-refractivity contribution < 1.29 is 9.53 Å². The van der Waals surface area contributed by atoms with Gasteiger partial charge in [-0.15, -0.1) is 0 Å². The van der Waals surface area contributed by atoms with Crippen molar-refractivity contribution in [2.75, 3.05) is 32.8 Å². The van der Waals surface area contributed by atoms with Crippen molar-refractivity contribution in [3.05, 3.63) is 53.6 Å². The molecule has 0 unspecified atom stereocenters. The van der Waals surface area contributed by atoms with Crippen molar-refractivity contribution in [3.63, 3.8) is 0 Å². The second-order valence-corrected chi connectivity index (χ2v) is 10.8. The van der Waals surface area contributed by atoms with Gasteiger partial charge in [-0.25, -0.2) is 4.98 Å². The van der Waals surface area contributed by atoms with Crippen LogP contribution in [0.2, 0.25) is 0 Å². The summed E-state index contributed by atoms with van der Waals surface area (Å²) in [7, 11) is 0. The van der Waals surface area contributed by atoms with E-state index >= 15 is 0 Å². The summed E-state index contributed by atoms with van der Waals surface area (Å²) < 4.78 is 5.65. The first-order valence-electron chi connectivity index (χ1n) is 13.3. The van der Waals surface area contributed by atoms with Gasteiger partial charge in [0.15, 0.2) is 0 Å². The molecule has 1 aromatic carbocycles. The van der Waals surface area contributed by atoms with Gasteiger partial charge in [0.2, 0.25) is 5.91 Å². The molecule has 2 N–H and O–H groups in total. The van der Waals surface area contributed by atoms with Gasteiger partial charge in [-0.2, -0.15) is 0 Å². The molecule has 5 rings (SSSR count). The number of piperidine rings is 1. The molecule has 3 aliphatic rings. The van der Waals surface area contributed by atoms with Crippen LogP contribution >= 0.6 is 0 Å². The highest BCUT2D eigenvalue weighted by Crippen LogP contribution is 2.59. The fourth-order valence-electron chi connectivity index (χ4n) is 6.13. The average molecular weight is 465 g/mol. The highest BCUT2D eigenvalue weighted by atomic mass is 16.5. The van der Waals surface area contributed by atoms with E-state index in [9.17, 15) is 4.79 Å². The van der Waals surface area contributed by atoms with Crippen LogP contribution in [-0.2, 0) is 27.9 Å². The maximum atomic E-state index is 13.2. The molecule has 6 nitrogen and oxygen atoms in total. The molecule has 1 atom stereocenters. The molecule has 1 amide bonds. The number of nitrogens with zero attached hydrogens (tertiary/aromatic N) is 2. The van der Waals surface area contributed by atoms with Crippen molar-refractivity contribution in [2.24, 2.45) is 11.3 Å². The molecule has 6 heteroatoms. The third-order valence-corrected chi connectivity index (χ3v) is 8.64. The third kappa shape index (κ3) is 5.08. The van der Waals surface area contributed by atoms with E-state index in [0.717, 1.165) is 83.7 Å². The molecule has 184 valence electrons. The number of hydrogen-bond acceptors (Lipinski definition) is 4. The number of hydrogen-bond donors (Lipinski definition) is 2. The number of H-pyrrole nitrogens is 1. The molecule has 1 spiro atoms. The van der Waals surface area contributed by atoms with E-state index < -0.39 is 0 Å². The van der Waals surface area contributed by atoms with Crippen LogP contribution in [0.3, 0.4) is 0 Å². The van der Waals surface area contributed by atoms with Gasteiger partial charge in [-0.3, -0.25) is 9.69 Å². The standard InChI is InChI=1S/C28H40N4O2/c1-2-3-9-25-29-19-23(31-25)20-32-14-10-27(11-15-32)18-24(27)26(33)30-21-28(12-16-34-17-13-28)22-7-5-4-6-8-22/h4-8,19,24H,2-3,9-18,20-21H2,1H3,(H,29,31)(H,30,33)/t24-/m1/s1. The largest absolute Gasteiger partial charge is 0.381 e. The molecule has 2 aliphatic heterocycles. The van der Waals surface area contributed by atoms with E-state index in [1.54, 1.807) is 0 Å². The van der Waals surface area contributed by atoms with Gasteiger partial charge in [0.05, 0.1) is 0 Å². The Bertz CT molecular complexity index is 942. The second-order valence-electron chi connectivity index (χ2n) is 10.8. The van der Waals surface area contributed by atoms with Gasteiger partial charge in [-0.05, 0) is 62.6 Å².